The first-order valence-corrected chi connectivity index (χ1v) is 4.70. The van der Waals surface area contributed by atoms with Crippen LogP contribution in [0.3, 0.4) is 0 Å². The van der Waals surface area contributed by atoms with Crippen molar-refractivity contribution in [2.24, 2.45) is 0 Å². The van der Waals surface area contributed by atoms with E-state index < -0.39 is 11.3 Å². The lowest BCUT2D eigenvalue weighted by Crippen LogP contribution is -2.04. The molecule has 0 atom stereocenters. The van der Waals surface area contributed by atoms with Gasteiger partial charge in [-0.25, -0.2) is 9.59 Å². The Bertz CT molecular complexity index is 775. The Labute approximate surface area is 92.5 Å². The summed E-state index contributed by atoms with van der Waals surface area (Å²) in [6, 6.07) is 6.20. The van der Waals surface area contributed by atoms with E-state index in [9.17, 15) is 9.59 Å². The first kappa shape index (κ1) is 9.52. The van der Waals surface area contributed by atoms with Crippen LogP contribution < -0.4 is 11.3 Å². The molecule has 2 heterocycles. The molecule has 0 amide bonds. The number of nitrogens with zero attached hydrogens (tertiary/aromatic N) is 3. The maximum absolute atomic E-state index is 11.8. The molecule has 0 aliphatic heterocycles. The fourth-order valence-corrected chi connectivity index (χ4v) is 1.45. The number of hydrogen-bond donors (Lipinski definition) is 0. The number of hydrogen-bond acceptors (Lipinski definition) is 6. The standard InChI is InChI=1S/C10H5N3O4/c14-9-6-3-1-2-4-7(6)10(15)17-13-5-8(16-9)11-12-13/h1-5H. The SMILES string of the molecule is O=c1oc2cn(nn2)oc(=O)c2ccccc12. The maximum atomic E-state index is 11.8. The van der Waals surface area contributed by atoms with Crippen LogP contribution in [0.1, 0.15) is 0 Å². The molecule has 0 aliphatic carbocycles. The molecule has 0 radical (unpaired) electrons. The van der Waals surface area contributed by atoms with E-state index in [-0.39, 0.29) is 16.5 Å². The summed E-state index contributed by atoms with van der Waals surface area (Å²) in [5.74, 6) is 0. The fraction of sp³-hybridized carbons (Fsp3) is 0. The van der Waals surface area contributed by atoms with Crippen LogP contribution in [-0.2, 0) is 0 Å². The van der Waals surface area contributed by atoms with Gasteiger partial charge in [0.05, 0.1) is 10.8 Å². The molecule has 7 heteroatoms. The average molecular weight is 231 g/mol. The number of benzene rings is 1. The predicted octanol–water partition coefficient (Wildman–Crippen LogP) is 0.351. The van der Waals surface area contributed by atoms with Crippen molar-refractivity contribution in [1.29, 1.82) is 0 Å². The number of fused-ring (bicyclic) bond motifs is 3. The second kappa shape index (κ2) is 3.41. The van der Waals surface area contributed by atoms with Crippen molar-refractivity contribution in [3.05, 3.63) is 51.3 Å². The van der Waals surface area contributed by atoms with Crippen LogP contribution in [0.4, 0.5) is 0 Å². The van der Waals surface area contributed by atoms with Crippen LogP contribution in [-0.4, -0.2) is 15.0 Å². The highest BCUT2D eigenvalue weighted by atomic mass is 16.5. The zero-order valence-corrected chi connectivity index (χ0v) is 8.36. The van der Waals surface area contributed by atoms with E-state index in [1.165, 1.54) is 18.3 Å². The first-order chi connectivity index (χ1) is 8.24. The lowest BCUT2D eigenvalue weighted by Gasteiger charge is -1.86. The van der Waals surface area contributed by atoms with Crippen molar-refractivity contribution in [3.63, 3.8) is 0 Å². The van der Waals surface area contributed by atoms with Gasteiger partial charge >= 0.3 is 11.3 Å². The quantitative estimate of drug-likeness (QED) is 0.554. The van der Waals surface area contributed by atoms with E-state index in [1.807, 2.05) is 0 Å². The molecule has 0 saturated carbocycles. The minimum atomic E-state index is -0.698. The Morgan fingerprint density at radius 1 is 1.06 bits per heavy atom. The van der Waals surface area contributed by atoms with Crippen molar-refractivity contribution in [2.75, 3.05) is 0 Å². The highest BCUT2D eigenvalue weighted by Crippen LogP contribution is 2.02. The monoisotopic (exact) mass is 231 g/mol. The van der Waals surface area contributed by atoms with E-state index in [2.05, 4.69) is 10.3 Å². The van der Waals surface area contributed by atoms with Crippen molar-refractivity contribution in [1.82, 2.24) is 15.0 Å². The molecule has 84 valence electrons. The second-order valence-electron chi connectivity index (χ2n) is 3.27. The molecule has 0 unspecified atom stereocenters. The van der Waals surface area contributed by atoms with Crippen LogP contribution in [0.15, 0.2) is 49.0 Å². The predicted molar refractivity (Wildman–Crippen MR) is 56.4 cm³/mol. The van der Waals surface area contributed by atoms with Crippen molar-refractivity contribution in [3.8, 4) is 0 Å². The van der Waals surface area contributed by atoms with Gasteiger partial charge in [0, 0.05) is 0 Å². The molecule has 1 aromatic carbocycles. The molecule has 0 N–H and O–H groups in total. The van der Waals surface area contributed by atoms with E-state index in [1.54, 1.807) is 12.1 Å². The zero-order valence-electron chi connectivity index (χ0n) is 8.36. The number of aromatic nitrogens is 3. The summed E-state index contributed by atoms with van der Waals surface area (Å²) in [5, 5.41) is 7.22. The molecule has 2 bridgehead atoms. The molecule has 2 aromatic heterocycles. The third-order valence-electron chi connectivity index (χ3n) is 2.19. The van der Waals surface area contributed by atoms with Gasteiger partial charge in [-0.2, -0.15) is 0 Å². The van der Waals surface area contributed by atoms with Crippen LogP contribution >= 0.6 is 0 Å². The molecule has 3 aromatic rings. The minimum Gasteiger partial charge on any atom is -0.400 e. The van der Waals surface area contributed by atoms with Gasteiger partial charge in [-0.15, -0.1) is 0 Å². The summed E-state index contributed by atoms with van der Waals surface area (Å²) >= 11 is 0. The first-order valence-electron chi connectivity index (χ1n) is 4.70. The van der Waals surface area contributed by atoms with Gasteiger partial charge in [-0.3, -0.25) is 0 Å². The summed E-state index contributed by atoms with van der Waals surface area (Å²) in [5.41, 5.74) is -1.40. The lowest BCUT2D eigenvalue weighted by atomic mass is 10.2. The van der Waals surface area contributed by atoms with Gasteiger partial charge in [0.1, 0.15) is 6.20 Å². The summed E-state index contributed by atoms with van der Waals surface area (Å²) < 4.78 is 10.6. The van der Waals surface area contributed by atoms with E-state index in [4.69, 9.17) is 8.94 Å². The fourth-order valence-electron chi connectivity index (χ4n) is 1.45. The topological polar surface area (TPSA) is 90.6 Å². The largest absolute Gasteiger partial charge is 0.400 e. The molecule has 3 rings (SSSR count). The van der Waals surface area contributed by atoms with Gasteiger partial charge in [0.15, 0.2) is 0 Å². The Balaban J connectivity index is 2.72. The zero-order chi connectivity index (χ0) is 11.8. The normalized spacial score (nSPS) is 10.8. The highest BCUT2D eigenvalue weighted by Gasteiger charge is 2.03. The molecular formula is C10H5N3O4. The summed E-state index contributed by atoms with van der Waals surface area (Å²) in [4.78, 5) is 23.5. The maximum Gasteiger partial charge on any atom is 0.366 e. The smallest absolute Gasteiger partial charge is 0.366 e. The Morgan fingerprint density at radius 2 is 1.76 bits per heavy atom. The minimum absolute atomic E-state index is 0.0282. The van der Waals surface area contributed by atoms with Crippen molar-refractivity contribution >= 4 is 16.5 Å². The molecule has 0 spiro atoms. The highest BCUT2D eigenvalue weighted by molar-refractivity contribution is 5.79. The molecular weight excluding hydrogens is 226 g/mol. The van der Waals surface area contributed by atoms with Crippen LogP contribution in [0.2, 0.25) is 0 Å². The van der Waals surface area contributed by atoms with Crippen LogP contribution in [0.5, 0.6) is 0 Å². The lowest BCUT2D eigenvalue weighted by molar-refractivity contribution is 0.288. The molecule has 7 nitrogen and oxygen atoms in total. The van der Waals surface area contributed by atoms with Crippen LogP contribution in [0, 0.1) is 0 Å². The molecule has 0 saturated heterocycles. The van der Waals surface area contributed by atoms with Gasteiger partial charge < -0.3 is 8.94 Å². The Morgan fingerprint density at radius 3 is 2.53 bits per heavy atom. The Kier molecular flexibility index (Phi) is 1.91. The van der Waals surface area contributed by atoms with Crippen molar-refractivity contribution in [2.45, 2.75) is 0 Å². The third-order valence-corrected chi connectivity index (χ3v) is 2.19. The van der Waals surface area contributed by atoms with Gasteiger partial charge in [0.25, 0.3) is 5.71 Å². The van der Waals surface area contributed by atoms with E-state index >= 15 is 0 Å². The second-order valence-corrected chi connectivity index (χ2v) is 3.27. The molecule has 0 fully saturated rings. The van der Waals surface area contributed by atoms with Crippen LogP contribution in [0.25, 0.3) is 16.5 Å². The van der Waals surface area contributed by atoms with Gasteiger partial charge in [-0.1, -0.05) is 21.9 Å². The van der Waals surface area contributed by atoms with Gasteiger partial charge in [-0.05, 0) is 17.3 Å². The molecule has 0 aliphatic rings. The van der Waals surface area contributed by atoms with E-state index in [0.29, 0.717) is 0 Å². The summed E-state index contributed by atoms with van der Waals surface area (Å²) in [6.07, 6.45) is 1.20. The third kappa shape index (κ3) is 1.53. The Hall–Kier alpha value is -2.70. The van der Waals surface area contributed by atoms with Gasteiger partial charge in [0.2, 0.25) is 0 Å². The van der Waals surface area contributed by atoms with Crippen molar-refractivity contribution < 1.29 is 8.94 Å². The number of rotatable bonds is 0. The molecule has 17 heavy (non-hydrogen) atoms. The summed E-state index contributed by atoms with van der Waals surface area (Å²) in [6.45, 7) is 0. The average Bonchev–Trinajstić information content (AvgIpc) is 2.77. The van der Waals surface area contributed by atoms with E-state index in [0.717, 1.165) is 4.69 Å². The summed E-state index contributed by atoms with van der Waals surface area (Å²) in [7, 11) is 0.